The first kappa shape index (κ1) is 13.0. The second kappa shape index (κ2) is 5.94. The fourth-order valence-corrected chi connectivity index (χ4v) is 2.91. The molecule has 1 aliphatic heterocycles. The van der Waals surface area contributed by atoms with Crippen LogP contribution in [0.25, 0.3) is 0 Å². The van der Waals surface area contributed by atoms with Crippen molar-refractivity contribution in [2.24, 2.45) is 5.41 Å². The van der Waals surface area contributed by atoms with Crippen LogP contribution in [0, 0.1) is 5.41 Å². The second-order valence-corrected chi connectivity index (χ2v) is 6.02. The van der Waals surface area contributed by atoms with Crippen molar-refractivity contribution in [1.29, 1.82) is 0 Å². The van der Waals surface area contributed by atoms with Gasteiger partial charge in [0.25, 0.3) is 0 Å². The first-order valence-electron chi connectivity index (χ1n) is 6.38. The van der Waals surface area contributed by atoms with Gasteiger partial charge < -0.3 is 10.1 Å². The van der Waals surface area contributed by atoms with Crippen molar-refractivity contribution in [1.82, 2.24) is 10.3 Å². The van der Waals surface area contributed by atoms with Crippen molar-refractivity contribution in [2.75, 3.05) is 19.8 Å². The van der Waals surface area contributed by atoms with Crippen LogP contribution in [0.2, 0.25) is 0 Å². The van der Waals surface area contributed by atoms with E-state index in [1.165, 1.54) is 5.69 Å². The predicted molar refractivity (Wildman–Crippen MR) is 71.4 cm³/mol. The first-order chi connectivity index (χ1) is 8.20. The number of nitrogens with one attached hydrogen (secondary N) is 1. The molecule has 1 aromatic rings. The molecular weight excluding hydrogens is 232 g/mol. The van der Waals surface area contributed by atoms with E-state index in [4.69, 9.17) is 4.74 Å². The van der Waals surface area contributed by atoms with Crippen molar-refractivity contribution in [3.05, 3.63) is 16.6 Å². The summed E-state index contributed by atoms with van der Waals surface area (Å²) >= 11 is 1.69. The number of rotatable bonds is 5. The molecule has 1 fully saturated rings. The quantitative estimate of drug-likeness (QED) is 0.876. The molecule has 3 nitrogen and oxygen atoms in total. The lowest BCUT2D eigenvalue weighted by Crippen LogP contribution is -2.42. The molecule has 96 valence electrons. The van der Waals surface area contributed by atoms with Crippen molar-refractivity contribution >= 4 is 11.3 Å². The Balaban J connectivity index is 2.00. The van der Waals surface area contributed by atoms with E-state index < -0.39 is 0 Å². The minimum absolute atomic E-state index is 0.344. The van der Waals surface area contributed by atoms with Gasteiger partial charge in [-0.15, -0.1) is 11.3 Å². The highest BCUT2D eigenvalue weighted by Gasteiger charge is 2.33. The maximum absolute atomic E-state index is 5.51. The zero-order valence-corrected chi connectivity index (χ0v) is 11.6. The minimum Gasteiger partial charge on any atom is -0.381 e. The van der Waals surface area contributed by atoms with Crippen LogP contribution in [0.5, 0.6) is 0 Å². The average molecular weight is 254 g/mol. The Kier molecular flexibility index (Phi) is 4.54. The Morgan fingerprint density at radius 2 is 2.24 bits per heavy atom. The third-order valence-electron chi connectivity index (χ3n) is 3.48. The van der Waals surface area contributed by atoms with E-state index in [2.05, 4.69) is 29.5 Å². The summed E-state index contributed by atoms with van der Waals surface area (Å²) < 4.78 is 5.51. The Bertz CT molecular complexity index is 318. The Morgan fingerprint density at radius 1 is 1.47 bits per heavy atom. The molecule has 4 heteroatoms. The van der Waals surface area contributed by atoms with E-state index in [9.17, 15) is 0 Å². The molecule has 1 N–H and O–H groups in total. The third kappa shape index (κ3) is 3.76. The predicted octanol–water partition coefficient (Wildman–Crippen LogP) is 2.48. The fourth-order valence-electron chi connectivity index (χ4n) is 2.35. The lowest BCUT2D eigenvalue weighted by Gasteiger charge is -2.37. The maximum Gasteiger partial charge on any atom is 0.0794 e. The summed E-state index contributed by atoms with van der Waals surface area (Å²) in [4.78, 5) is 4.43. The summed E-state index contributed by atoms with van der Waals surface area (Å²) in [5.74, 6) is 0. The fraction of sp³-hybridized carbons (Fsp3) is 0.769. The van der Waals surface area contributed by atoms with Gasteiger partial charge in [0.1, 0.15) is 0 Å². The van der Waals surface area contributed by atoms with Crippen LogP contribution in [0.15, 0.2) is 10.9 Å². The third-order valence-corrected chi connectivity index (χ3v) is 4.11. The molecule has 0 aromatic carbocycles. The second-order valence-electron chi connectivity index (χ2n) is 5.30. The molecule has 0 bridgehead atoms. The largest absolute Gasteiger partial charge is 0.381 e. The molecule has 0 aliphatic carbocycles. The van der Waals surface area contributed by atoms with Gasteiger partial charge in [-0.25, -0.2) is 4.98 Å². The molecule has 0 spiro atoms. The van der Waals surface area contributed by atoms with E-state index in [0.717, 1.165) is 39.0 Å². The summed E-state index contributed by atoms with van der Waals surface area (Å²) in [5.41, 5.74) is 3.51. The molecule has 2 rings (SSSR count). The van der Waals surface area contributed by atoms with Crippen molar-refractivity contribution < 1.29 is 4.74 Å². The Morgan fingerprint density at radius 3 is 2.82 bits per heavy atom. The number of hydrogen-bond acceptors (Lipinski definition) is 4. The Hall–Kier alpha value is -0.450. The van der Waals surface area contributed by atoms with Crippen molar-refractivity contribution in [2.45, 2.75) is 39.2 Å². The van der Waals surface area contributed by atoms with E-state index >= 15 is 0 Å². The lowest BCUT2D eigenvalue weighted by atomic mass is 9.76. The van der Waals surface area contributed by atoms with Crippen LogP contribution < -0.4 is 5.32 Å². The van der Waals surface area contributed by atoms with Gasteiger partial charge in [-0.2, -0.15) is 0 Å². The van der Waals surface area contributed by atoms with Gasteiger partial charge in [0.05, 0.1) is 11.2 Å². The lowest BCUT2D eigenvalue weighted by molar-refractivity contribution is 0.0137. The van der Waals surface area contributed by atoms with E-state index in [1.807, 2.05) is 5.51 Å². The first-order valence-corrected chi connectivity index (χ1v) is 7.33. The molecular formula is C13H22N2OS. The number of aromatic nitrogens is 1. The summed E-state index contributed by atoms with van der Waals surface area (Å²) in [6.45, 7) is 7.27. The smallest absolute Gasteiger partial charge is 0.0794 e. The minimum atomic E-state index is 0.344. The zero-order chi connectivity index (χ0) is 12.1. The van der Waals surface area contributed by atoms with Gasteiger partial charge in [-0.3, -0.25) is 0 Å². The molecule has 1 aromatic heterocycles. The molecule has 1 aliphatic rings. The molecule has 0 saturated carbocycles. The molecule has 17 heavy (non-hydrogen) atoms. The van der Waals surface area contributed by atoms with Gasteiger partial charge in [0.15, 0.2) is 0 Å². The highest BCUT2D eigenvalue weighted by atomic mass is 32.1. The summed E-state index contributed by atoms with van der Waals surface area (Å²) in [7, 11) is 0. The van der Waals surface area contributed by atoms with Gasteiger partial charge in [-0.1, -0.05) is 13.8 Å². The van der Waals surface area contributed by atoms with E-state index in [1.54, 1.807) is 11.3 Å². The molecule has 0 amide bonds. The van der Waals surface area contributed by atoms with Crippen LogP contribution >= 0.6 is 11.3 Å². The van der Waals surface area contributed by atoms with Gasteiger partial charge in [-0.05, 0) is 24.7 Å². The van der Waals surface area contributed by atoms with Gasteiger partial charge >= 0.3 is 0 Å². The number of hydrogen-bond donors (Lipinski definition) is 1. The van der Waals surface area contributed by atoms with Crippen molar-refractivity contribution in [3.63, 3.8) is 0 Å². The van der Waals surface area contributed by atoms with Crippen LogP contribution in [-0.4, -0.2) is 30.8 Å². The molecule has 2 heterocycles. The summed E-state index contributed by atoms with van der Waals surface area (Å²) in [6, 6.07) is 0.546. The monoisotopic (exact) mass is 254 g/mol. The molecule has 0 unspecified atom stereocenters. The summed E-state index contributed by atoms with van der Waals surface area (Å²) in [5, 5.41) is 5.76. The molecule has 0 atom stereocenters. The highest BCUT2D eigenvalue weighted by molar-refractivity contribution is 7.07. The maximum atomic E-state index is 5.51. The van der Waals surface area contributed by atoms with Gasteiger partial charge in [0.2, 0.25) is 0 Å². The normalized spacial score (nSPS) is 19.7. The average Bonchev–Trinajstić information content (AvgIpc) is 2.80. The standard InChI is InChI=1S/C13H22N2OS/c1-11(2)14-9-13(3-5-16-6-4-13)7-12-8-17-10-15-12/h8,10-11,14H,3-7,9H2,1-2H3. The Labute approximate surface area is 108 Å². The number of thiazole rings is 1. The van der Waals surface area contributed by atoms with Crippen LogP contribution in [0.4, 0.5) is 0 Å². The van der Waals surface area contributed by atoms with E-state index in [-0.39, 0.29) is 0 Å². The SMILES string of the molecule is CC(C)NCC1(Cc2cscn2)CCOCC1. The molecule has 1 saturated heterocycles. The molecule has 0 radical (unpaired) electrons. The van der Waals surface area contributed by atoms with Crippen LogP contribution in [-0.2, 0) is 11.2 Å². The van der Waals surface area contributed by atoms with Crippen LogP contribution in [0.3, 0.4) is 0 Å². The topological polar surface area (TPSA) is 34.2 Å². The van der Waals surface area contributed by atoms with Crippen LogP contribution in [0.1, 0.15) is 32.4 Å². The number of nitrogens with zero attached hydrogens (tertiary/aromatic N) is 1. The van der Waals surface area contributed by atoms with E-state index in [0.29, 0.717) is 11.5 Å². The van der Waals surface area contributed by atoms with Gasteiger partial charge in [0, 0.05) is 31.2 Å². The summed E-state index contributed by atoms with van der Waals surface area (Å²) in [6.07, 6.45) is 3.37. The number of ether oxygens (including phenoxy) is 1. The highest BCUT2D eigenvalue weighted by Crippen LogP contribution is 2.33. The zero-order valence-electron chi connectivity index (χ0n) is 10.7. The van der Waals surface area contributed by atoms with Crippen molar-refractivity contribution in [3.8, 4) is 0 Å².